The van der Waals surface area contributed by atoms with Gasteiger partial charge in [-0.25, -0.2) is 4.99 Å². The number of aliphatic imine (C=N–C) groups is 1. The maximum absolute atomic E-state index is 11.7. The maximum atomic E-state index is 11.7. The molecule has 5 heteroatoms. The Balaban J connectivity index is 2.03. The quantitative estimate of drug-likeness (QED) is 0.498. The molecule has 0 atom stereocenters. The maximum Gasteiger partial charge on any atom is 0.242 e. The molecule has 1 fully saturated rings. The summed E-state index contributed by atoms with van der Waals surface area (Å²) in [7, 11) is 0. The van der Waals surface area contributed by atoms with Gasteiger partial charge in [-0.3, -0.25) is 4.79 Å². The van der Waals surface area contributed by atoms with Gasteiger partial charge in [-0.15, -0.1) is 6.58 Å². The molecule has 2 N–H and O–H groups in total. The highest BCUT2D eigenvalue weighted by Crippen LogP contribution is 2.12. The highest BCUT2D eigenvalue weighted by Gasteiger charge is 2.15. The molecule has 1 amide bonds. The molecule has 0 aromatic heterocycles. The van der Waals surface area contributed by atoms with Gasteiger partial charge in [0, 0.05) is 25.3 Å². The zero-order chi connectivity index (χ0) is 15.6. The zero-order valence-corrected chi connectivity index (χ0v) is 12.9. The summed E-state index contributed by atoms with van der Waals surface area (Å²) in [4.78, 5) is 18.4. The summed E-state index contributed by atoms with van der Waals surface area (Å²) >= 11 is 0. The van der Waals surface area contributed by atoms with Crippen molar-refractivity contribution in [1.82, 2.24) is 10.2 Å². The van der Waals surface area contributed by atoms with Crippen molar-refractivity contribution in [2.45, 2.75) is 19.3 Å². The van der Waals surface area contributed by atoms with Crippen molar-refractivity contribution in [3.8, 4) is 0 Å². The number of hydrogen-bond donors (Lipinski definition) is 2. The molecular weight excluding hydrogens is 276 g/mol. The lowest BCUT2D eigenvalue weighted by Gasteiger charge is -2.30. The van der Waals surface area contributed by atoms with Crippen molar-refractivity contribution in [2.75, 3.05) is 31.5 Å². The molecule has 1 aromatic carbocycles. The van der Waals surface area contributed by atoms with E-state index in [1.54, 1.807) is 6.08 Å². The van der Waals surface area contributed by atoms with E-state index in [1.165, 1.54) is 6.42 Å². The first-order chi connectivity index (χ1) is 10.8. The van der Waals surface area contributed by atoms with Crippen LogP contribution in [0.2, 0.25) is 0 Å². The van der Waals surface area contributed by atoms with Crippen molar-refractivity contribution in [2.24, 2.45) is 4.99 Å². The molecule has 1 heterocycles. The third-order valence-corrected chi connectivity index (χ3v) is 3.50. The predicted octanol–water partition coefficient (Wildman–Crippen LogP) is 2.24. The number of para-hydroxylation sites is 1. The summed E-state index contributed by atoms with van der Waals surface area (Å²) in [5.74, 6) is 0.684. The Hall–Kier alpha value is -2.30. The number of piperidine rings is 1. The molecule has 1 saturated heterocycles. The fourth-order valence-electron chi connectivity index (χ4n) is 2.36. The molecule has 0 unspecified atom stereocenters. The molecule has 0 aliphatic carbocycles. The average Bonchev–Trinajstić information content (AvgIpc) is 2.58. The van der Waals surface area contributed by atoms with Gasteiger partial charge in [-0.1, -0.05) is 24.3 Å². The Kier molecular flexibility index (Phi) is 6.48. The van der Waals surface area contributed by atoms with Gasteiger partial charge in [0.15, 0.2) is 5.96 Å². The molecule has 5 nitrogen and oxygen atoms in total. The van der Waals surface area contributed by atoms with Crippen LogP contribution in [0.25, 0.3) is 0 Å². The predicted molar refractivity (Wildman–Crippen MR) is 91.0 cm³/mol. The van der Waals surface area contributed by atoms with Crippen LogP contribution in [0.1, 0.15) is 19.3 Å². The Labute approximate surface area is 132 Å². The molecule has 2 rings (SSSR count). The normalized spacial score (nSPS) is 15.3. The van der Waals surface area contributed by atoms with E-state index in [0.717, 1.165) is 37.6 Å². The highest BCUT2D eigenvalue weighted by molar-refractivity contribution is 5.95. The number of carbonyl (C=O) groups excluding carboxylic acids is 1. The molecule has 1 aliphatic heterocycles. The molecule has 0 bridgehead atoms. The third-order valence-electron chi connectivity index (χ3n) is 3.50. The third kappa shape index (κ3) is 5.24. The zero-order valence-electron chi connectivity index (χ0n) is 12.9. The number of guanidine groups is 1. The minimum atomic E-state index is -0.0933. The second kappa shape index (κ2) is 8.87. The van der Waals surface area contributed by atoms with Gasteiger partial charge in [-0.05, 0) is 31.4 Å². The first kappa shape index (κ1) is 16.1. The van der Waals surface area contributed by atoms with E-state index in [9.17, 15) is 4.79 Å². The van der Waals surface area contributed by atoms with Gasteiger partial charge in [0.1, 0.15) is 6.54 Å². The van der Waals surface area contributed by atoms with Crippen molar-refractivity contribution in [1.29, 1.82) is 0 Å². The van der Waals surface area contributed by atoms with Crippen LogP contribution >= 0.6 is 0 Å². The molecule has 0 spiro atoms. The highest BCUT2D eigenvalue weighted by atomic mass is 16.1. The number of nitrogens with zero attached hydrogens (tertiary/aromatic N) is 2. The van der Waals surface area contributed by atoms with Gasteiger partial charge in [0.25, 0.3) is 0 Å². The second-order valence-electron chi connectivity index (χ2n) is 5.27. The summed E-state index contributed by atoms with van der Waals surface area (Å²) in [6.07, 6.45) is 5.25. The second-order valence-corrected chi connectivity index (χ2v) is 5.27. The van der Waals surface area contributed by atoms with Crippen molar-refractivity contribution >= 4 is 17.6 Å². The molecule has 1 aliphatic rings. The van der Waals surface area contributed by atoms with Crippen LogP contribution < -0.4 is 10.6 Å². The van der Waals surface area contributed by atoms with Crippen LogP contribution in [0.3, 0.4) is 0 Å². The minimum absolute atomic E-state index is 0.0933. The molecular formula is C17H24N4O. The fourth-order valence-corrected chi connectivity index (χ4v) is 2.36. The van der Waals surface area contributed by atoms with Crippen LogP contribution in [0.15, 0.2) is 48.0 Å². The van der Waals surface area contributed by atoms with Crippen molar-refractivity contribution in [3.63, 3.8) is 0 Å². The van der Waals surface area contributed by atoms with E-state index in [2.05, 4.69) is 27.1 Å². The van der Waals surface area contributed by atoms with Gasteiger partial charge >= 0.3 is 0 Å². The largest absolute Gasteiger partial charge is 0.351 e. The fraction of sp³-hybridized carbons (Fsp3) is 0.412. The number of nitrogens with one attached hydrogen (secondary N) is 2. The number of likely N-dealkylation sites (tertiary alicyclic amines) is 1. The Bertz CT molecular complexity index is 507. The molecule has 0 radical (unpaired) electrons. The summed E-state index contributed by atoms with van der Waals surface area (Å²) in [5.41, 5.74) is 0.985. The van der Waals surface area contributed by atoms with Crippen LogP contribution in [0, 0.1) is 0 Å². The number of carbonyl (C=O) groups is 1. The van der Waals surface area contributed by atoms with E-state index in [0.29, 0.717) is 6.54 Å². The van der Waals surface area contributed by atoms with Crippen molar-refractivity contribution in [3.05, 3.63) is 43.0 Å². The van der Waals surface area contributed by atoms with E-state index in [-0.39, 0.29) is 12.5 Å². The number of hydrogen-bond acceptors (Lipinski definition) is 2. The Morgan fingerprint density at radius 3 is 2.64 bits per heavy atom. The van der Waals surface area contributed by atoms with Crippen LogP contribution in [0.4, 0.5) is 5.69 Å². The van der Waals surface area contributed by atoms with Crippen LogP contribution in [-0.4, -0.2) is 42.9 Å². The monoisotopic (exact) mass is 300 g/mol. The van der Waals surface area contributed by atoms with E-state index in [4.69, 9.17) is 0 Å². The average molecular weight is 300 g/mol. The molecule has 118 valence electrons. The minimum Gasteiger partial charge on any atom is -0.351 e. The number of rotatable bonds is 5. The topological polar surface area (TPSA) is 56.7 Å². The number of amides is 1. The summed E-state index contributed by atoms with van der Waals surface area (Å²) in [6.45, 7) is 6.14. The van der Waals surface area contributed by atoms with Crippen LogP contribution in [-0.2, 0) is 4.79 Å². The molecule has 22 heavy (non-hydrogen) atoms. The number of anilines is 1. The summed E-state index contributed by atoms with van der Waals surface area (Å²) in [5, 5.41) is 6.08. The SMILES string of the molecule is C=CCNC(=O)CN=C(Nc1ccccc1)N1CCCCC1. The van der Waals surface area contributed by atoms with Gasteiger partial charge in [-0.2, -0.15) is 0 Å². The molecule has 1 aromatic rings. The number of benzene rings is 1. The van der Waals surface area contributed by atoms with E-state index >= 15 is 0 Å². The van der Waals surface area contributed by atoms with Crippen LogP contribution in [0.5, 0.6) is 0 Å². The lowest BCUT2D eigenvalue weighted by molar-refractivity contribution is -0.119. The first-order valence-electron chi connectivity index (χ1n) is 7.78. The lowest BCUT2D eigenvalue weighted by atomic mass is 10.1. The smallest absolute Gasteiger partial charge is 0.242 e. The van der Waals surface area contributed by atoms with Gasteiger partial charge in [0.05, 0.1) is 0 Å². The molecule has 0 saturated carbocycles. The van der Waals surface area contributed by atoms with E-state index in [1.807, 2.05) is 30.3 Å². The van der Waals surface area contributed by atoms with Crippen molar-refractivity contribution < 1.29 is 4.79 Å². The Morgan fingerprint density at radius 2 is 1.95 bits per heavy atom. The summed E-state index contributed by atoms with van der Waals surface area (Å²) < 4.78 is 0. The first-order valence-corrected chi connectivity index (χ1v) is 7.78. The summed E-state index contributed by atoms with van der Waals surface area (Å²) in [6, 6.07) is 9.93. The van der Waals surface area contributed by atoms with Gasteiger partial charge < -0.3 is 15.5 Å². The standard InChI is InChI=1S/C17H24N4O/c1-2-11-18-16(22)14-19-17(21-12-7-4-8-13-21)20-15-9-5-3-6-10-15/h2-3,5-6,9-10H,1,4,7-8,11-14H2,(H,18,22)(H,19,20). The lowest BCUT2D eigenvalue weighted by Crippen LogP contribution is -2.41. The van der Waals surface area contributed by atoms with Gasteiger partial charge in [0.2, 0.25) is 5.91 Å². The Morgan fingerprint density at radius 1 is 1.23 bits per heavy atom. The van der Waals surface area contributed by atoms with E-state index < -0.39 is 0 Å².